The molecule has 0 spiro atoms. The van der Waals surface area contributed by atoms with E-state index in [1.165, 1.54) is 4.31 Å². The lowest BCUT2D eigenvalue weighted by Crippen LogP contribution is -2.51. The van der Waals surface area contributed by atoms with E-state index in [0.29, 0.717) is 19.6 Å². The summed E-state index contributed by atoms with van der Waals surface area (Å²) in [6.45, 7) is 7.01. The summed E-state index contributed by atoms with van der Waals surface area (Å²) < 4.78 is 33.4. The van der Waals surface area contributed by atoms with Crippen molar-refractivity contribution in [3.63, 3.8) is 0 Å². The lowest BCUT2D eigenvalue weighted by atomic mass is 10.4. The molecule has 7 nitrogen and oxygen atoms in total. The van der Waals surface area contributed by atoms with Crippen LogP contribution < -0.4 is 10.0 Å². The van der Waals surface area contributed by atoms with E-state index in [1.807, 2.05) is 0 Å². The highest BCUT2D eigenvalue weighted by Crippen LogP contribution is 2.00. The molecule has 0 amide bonds. The lowest BCUT2D eigenvalue weighted by molar-refractivity contribution is 0.0390. The van der Waals surface area contributed by atoms with Crippen LogP contribution in [0.5, 0.6) is 0 Å². The van der Waals surface area contributed by atoms with Crippen molar-refractivity contribution < 1.29 is 13.2 Å². The van der Waals surface area contributed by atoms with E-state index in [9.17, 15) is 8.42 Å². The molecule has 106 valence electrons. The monoisotopic (exact) mass is 278 g/mol. The van der Waals surface area contributed by atoms with Gasteiger partial charge in [-0.25, -0.2) is 4.72 Å². The van der Waals surface area contributed by atoms with Crippen molar-refractivity contribution in [2.75, 3.05) is 65.6 Å². The fourth-order valence-electron chi connectivity index (χ4n) is 2.13. The summed E-state index contributed by atoms with van der Waals surface area (Å²) in [5, 5.41) is 3.14. The lowest BCUT2D eigenvalue weighted by Gasteiger charge is -2.29. The minimum Gasteiger partial charge on any atom is -0.379 e. The molecule has 2 saturated heterocycles. The van der Waals surface area contributed by atoms with Gasteiger partial charge < -0.3 is 10.1 Å². The highest BCUT2D eigenvalue weighted by molar-refractivity contribution is 7.87. The van der Waals surface area contributed by atoms with Gasteiger partial charge in [0.25, 0.3) is 10.2 Å². The Bertz CT molecular complexity index is 337. The van der Waals surface area contributed by atoms with Gasteiger partial charge in [0.1, 0.15) is 0 Å². The van der Waals surface area contributed by atoms with E-state index in [-0.39, 0.29) is 0 Å². The molecule has 0 aromatic rings. The van der Waals surface area contributed by atoms with Gasteiger partial charge in [-0.3, -0.25) is 4.90 Å². The summed E-state index contributed by atoms with van der Waals surface area (Å²) in [6.07, 6.45) is 0. The molecule has 0 bridgehead atoms. The van der Waals surface area contributed by atoms with Crippen molar-refractivity contribution in [2.45, 2.75) is 0 Å². The molecule has 0 aliphatic carbocycles. The average molecular weight is 278 g/mol. The second-order valence-electron chi connectivity index (χ2n) is 4.50. The van der Waals surface area contributed by atoms with Gasteiger partial charge in [-0.1, -0.05) is 0 Å². The third-order valence-electron chi connectivity index (χ3n) is 3.23. The van der Waals surface area contributed by atoms with Crippen LogP contribution in [0.3, 0.4) is 0 Å². The Kier molecular flexibility index (Phi) is 5.34. The van der Waals surface area contributed by atoms with Crippen LogP contribution in [-0.4, -0.2) is 83.2 Å². The normalized spacial score (nSPS) is 24.2. The second-order valence-corrected chi connectivity index (χ2v) is 6.26. The molecule has 0 saturated carbocycles. The molecule has 2 rings (SSSR count). The van der Waals surface area contributed by atoms with Crippen molar-refractivity contribution >= 4 is 10.2 Å². The number of nitrogens with zero attached hydrogens (tertiary/aromatic N) is 2. The summed E-state index contributed by atoms with van der Waals surface area (Å²) in [7, 11) is -3.30. The van der Waals surface area contributed by atoms with Gasteiger partial charge in [0.05, 0.1) is 13.2 Å². The first kappa shape index (κ1) is 14.2. The molecule has 0 aromatic carbocycles. The topological polar surface area (TPSA) is 73.9 Å². The zero-order valence-electron chi connectivity index (χ0n) is 10.6. The molecule has 0 radical (unpaired) electrons. The van der Waals surface area contributed by atoms with Crippen molar-refractivity contribution in [1.29, 1.82) is 0 Å². The number of morpholine rings is 1. The quantitative estimate of drug-likeness (QED) is 0.612. The van der Waals surface area contributed by atoms with Crippen molar-refractivity contribution in [1.82, 2.24) is 19.2 Å². The number of nitrogens with one attached hydrogen (secondary N) is 2. The van der Waals surface area contributed by atoms with Gasteiger partial charge in [-0.2, -0.15) is 12.7 Å². The summed E-state index contributed by atoms with van der Waals surface area (Å²) in [5.74, 6) is 0. The predicted molar refractivity (Wildman–Crippen MR) is 68.6 cm³/mol. The van der Waals surface area contributed by atoms with Gasteiger partial charge in [-0.15, -0.1) is 0 Å². The summed E-state index contributed by atoms with van der Waals surface area (Å²) in [5.41, 5.74) is 0. The van der Waals surface area contributed by atoms with Crippen LogP contribution in [0.1, 0.15) is 0 Å². The Hall–Kier alpha value is -0.250. The molecule has 0 aromatic heterocycles. The molecule has 2 aliphatic rings. The maximum atomic E-state index is 12.0. The van der Waals surface area contributed by atoms with Crippen LogP contribution >= 0.6 is 0 Å². The first-order valence-corrected chi connectivity index (χ1v) is 7.88. The van der Waals surface area contributed by atoms with E-state index < -0.39 is 10.2 Å². The van der Waals surface area contributed by atoms with E-state index in [0.717, 1.165) is 45.9 Å². The Morgan fingerprint density at radius 2 is 1.78 bits per heavy atom. The standard InChI is InChI=1S/C10H22N4O3S/c15-18(16,14-5-1-11-2-6-14)12-3-4-13-7-9-17-10-8-13/h11-12H,1-10H2. The van der Waals surface area contributed by atoms with Crippen LogP contribution in [0, 0.1) is 0 Å². The maximum absolute atomic E-state index is 12.0. The number of rotatable bonds is 5. The van der Waals surface area contributed by atoms with Crippen LogP contribution in [0.4, 0.5) is 0 Å². The molecule has 0 atom stereocenters. The fourth-order valence-corrected chi connectivity index (χ4v) is 3.33. The highest BCUT2D eigenvalue weighted by Gasteiger charge is 2.23. The summed E-state index contributed by atoms with van der Waals surface area (Å²) in [6, 6.07) is 0. The van der Waals surface area contributed by atoms with Gasteiger partial charge in [0.15, 0.2) is 0 Å². The molecule has 2 N–H and O–H groups in total. The van der Waals surface area contributed by atoms with E-state index >= 15 is 0 Å². The van der Waals surface area contributed by atoms with Gasteiger partial charge >= 0.3 is 0 Å². The van der Waals surface area contributed by atoms with E-state index in [2.05, 4.69) is 14.9 Å². The summed E-state index contributed by atoms with van der Waals surface area (Å²) >= 11 is 0. The number of hydrogen-bond acceptors (Lipinski definition) is 5. The fraction of sp³-hybridized carbons (Fsp3) is 1.00. The third kappa shape index (κ3) is 4.15. The SMILES string of the molecule is O=S(=O)(NCCN1CCOCC1)N1CCNCC1. The zero-order valence-corrected chi connectivity index (χ0v) is 11.4. The molecular weight excluding hydrogens is 256 g/mol. The van der Waals surface area contributed by atoms with E-state index in [1.54, 1.807) is 0 Å². The van der Waals surface area contributed by atoms with Crippen LogP contribution in [0.2, 0.25) is 0 Å². The smallest absolute Gasteiger partial charge is 0.279 e. The van der Waals surface area contributed by atoms with Gasteiger partial charge in [-0.05, 0) is 0 Å². The van der Waals surface area contributed by atoms with Gasteiger partial charge in [0.2, 0.25) is 0 Å². The number of ether oxygens (including phenoxy) is 1. The second kappa shape index (κ2) is 6.78. The van der Waals surface area contributed by atoms with E-state index in [4.69, 9.17) is 4.74 Å². The Labute approximate surface area is 109 Å². The Morgan fingerprint density at radius 3 is 2.44 bits per heavy atom. The molecule has 2 heterocycles. The number of piperazine rings is 1. The minimum atomic E-state index is -3.30. The zero-order chi connectivity index (χ0) is 12.8. The molecule has 18 heavy (non-hydrogen) atoms. The largest absolute Gasteiger partial charge is 0.379 e. The first-order valence-electron chi connectivity index (χ1n) is 6.44. The van der Waals surface area contributed by atoms with Crippen LogP contribution in [-0.2, 0) is 14.9 Å². The highest BCUT2D eigenvalue weighted by atomic mass is 32.2. The number of hydrogen-bond donors (Lipinski definition) is 2. The minimum absolute atomic E-state index is 0.465. The van der Waals surface area contributed by atoms with Crippen LogP contribution in [0.25, 0.3) is 0 Å². The molecule has 0 unspecified atom stereocenters. The maximum Gasteiger partial charge on any atom is 0.279 e. The van der Waals surface area contributed by atoms with Crippen LogP contribution in [0.15, 0.2) is 0 Å². The summed E-state index contributed by atoms with van der Waals surface area (Å²) in [4.78, 5) is 2.21. The first-order chi connectivity index (χ1) is 8.68. The Morgan fingerprint density at radius 1 is 1.11 bits per heavy atom. The van der Waals surface area contributed by atoms with Crippen molar-refractivity contribution in [3.8, 4) is 0 Å². The van der Waals surface area contributed by atoms with Gasteiger partial charge in [0, 0.05) is 52.4 Å². The van der Waals surface area contributed by atoms with Crippen molar-refractivity contribution in [2.24, 2.45) is 0 Å². The molecule has 2 aliphatic heterocycles. The molecular formula is C10H22N4O3S. The molecule has 2 fully saturated rings. The Balaban J connectivity index is 1.70. The predicted octanol–water partition coefficient (Wildman–Crippen LogP) is -1.94. The third-order valence-corrected chi connectivity index (χ3v) is 4.85. The average Bonchev–Trinajstić information content (AvgIpc) is 2.41. The van der Waals surface area contributed by atoms with Crippen molar-refractivity contribution in [3.05, 3.63) is 0 Å². The molecule has 8 heteroatoms.